The third-order valence-electron chi connectivity index (χ3n) is 2.87. The fourth-order valence-corrected chi connectivity index (χ4v) is 1.85. The van der Waals surface area contributed by atoms with Gasteiger partial charge in [0.1, 0.15) is 5.78 Å². The number of hydrogen-bond acceptors (Lipinski definition) is 1. The molecule has 0 aliphatic rings. The van der Waals surface area contributed by atoms with Crippen LogP contribution in [0.1, 0.15) is 38.8 Å². The SMILES string of the molecule is CC(=O)C(C)Cc1cccc(CC(C)C)c1. The van der Waals surface area contributed by atoms with Crippen molar-refractivity contribution in [1.82, 2.24) is 0 Å². The van der Waals surface area contributed by atoms with Crippen LogP contribution in [0.4, 0.5) is 0 Å². The average molecular weight is 218 g/mol. The van der Waals surface area contributed by atoms with Crippen LogP contribution in [0.2, 0.25) is 0 Å². The van der Waals surface area contributed by atoms with Crippen molar-refractivity contribution >= 4 is 5.78 Å². The number of ketones is 1. The molecule has 0 aliphatic carbocycles. The molecule has 1 aromatic rings. The molecule has 0 saturated heterocycles. The molecule has 16 heavy (non-hydrogen) atoms. The summed E-state index contributed by atoms with van der Waals surface area (Å²) in [6, 6.07) is 8.62. The molecular formula is C15H22O. The second-order valence-corrected chi connectivity index (χ2v) is 5.13. The molecule has 1 unspecified atom stereocenters. The Bertz CT molecular complexity index is 352. The second-order valence-electron chi connectivity index (χ2n) is 5.13. The summed E-state index contributed by atoms with van der Waals surface area (Å²) in [5.74, 6) is 1.09. The molecule has 0 aliphatic heterocycles. The largest absolute Gasteiger partial charge is 0.300 e. The number of rotatable bonds is 5. The van der Waals surface area contributed by atoms with Crippen LogP contribution in [-0.4, -0.2) is 5.78 Å². The highest BCUT2D eigenvalue weighted by molar-refractivity contribution is 5.78. The smallest absolute Gasteiger partial charge is 0.132 e. The highest BCUT2D eigenvalue weighted by atomic mass is 16.1. The van der Waals surface area contributed by atoms with E-state index in [1.807, 2.05) is 6.92 Å². The standard InChI is InChI=1S/C15H22O/c1-11(2)8-14-6-5-7-15(10-14)9-12(3)13(4)16/h5-7,10-12H,8-9H2,1-4H3. The Morgan fingerprint density at radius 3 is 2.19 bits per heavy atom. The van der Waals surface area contributed by atoms with Gasteiger partial charge in [0.05, 0.1) is 0 Å². The minimum Gasteiger partial charge on any atom is -0.300 e. The number of Topliss-reactive ketones (excluding diaryl/α,β-unsaturated/α-hetero) is 1. The molecule has 0 heterocycles. The third kappa shape index (κ3) is 4.18. The van der Waals surface area contributed by atoms with Crippen LogP contribution in [0.3, 0.4) is 0 Å². The first-order chi connectivity index (χ1) is 7.49. The van der Waals surface area contributed by atoms with Crippen molar-refractivity contribution in [2.75, 3.05) is 0 Å². The van der Waals surface area contributed by atoms with Crippen molar-refractivity contribution in [3.8, 4) is 0 Å². The number of hydrogen-bond donors (Lipinski definition) is 0. The summed E-state index contributed by atoms with van der Waals surface area (Å²) in [6.45, 7) is 8.12. The molecule has 0 N–H and O–H groups in total. The van der Waals surface area contributed by atoms with Crippen LogP contribution < -0.4 is 0 Å². The van der Waals surface area contributed by atoms with E-state index in [4.69, 9.17) is 0 Å². The topological polar surface area (TPSA) is 17.1 Å². The van der Waals surface area contributed by atoms with E-state index in [9.17, 15) is 4.79 Å². The summed E-state index contributed by atoms with van der Waals surface area (Å²) in [5.41, 5.74) is 2.66. The summed E-state index contributed by atoms with van der Waals surface area (Å²) < 4.78 is 0. The molecule has 1 aromatic carbocycles. The predicted molar refractivity (Wildman–Crippen MR) is 68.5 cm³/mol. The maximum atomic E-state index is 11.2. The predicted octanol–water partition coefficient (Wildman–Crippen LogP) is 3.65. The Labute approximate surface area is 98.9 Å². The maximum absolute atomic E-state index is 11.2. The lowest BCUT2D eigenvalue weighted by Crippen LogP contribution is -2.09. The third-order valence-corrected chi connectivity index (χ3v) is 2.87. The molecule has 0 radical (unpaired) electrons. The highest BCUT2D eigenvalue weighted by Crippen LogP contribution is 2.14. The monoisotopic (exact) mass is 218 g/mol. The summed E-state index contributed by atoms with van der Waals surface area (Å²) in [5, 5.41) is 0. The normalized spacial score (nSPS) is 12.8. The molecule has 0 bridgehead atoms. The Hall–Kier alpha value is -1.11. The zero-order valence-corrected chi connectivity index (χ0v) is 10.8. The summed E-state index contributed by atoms with van der Waals surface area (Å²) >= 11 is 0. The Morgan fingerprint density at radius 1 is 1.12 bits per heavy atom. The zero-order chi connectivity index (χ0) is 12.1. The molecule has 1 nitrogen and oxygen atoms in total. The van der Waals surface area contributed by atoms with Crippen LogP contribution in [0.15, 0.2) is 24.3 Å². The van der Waals surface area contributed by atoms with Gasteiger partial charge in [-0.3, -0.25) is 4.79 Å². The Balaban J connectivity index is 2.70. The van der Waals surface area contributed by atoms with Gasteiger partial charge in [-0.15, -0.1) is 0 Å². The summed E-state index contributed by atoms with van der Waals surface area (Å²) in [4.78, 5) is 11.2. The molecule has 1 heteroatoms. The minimum atomic E-state index is 0.134. The van der Waals surface area contributed by atoms with Crippen molar-refractivity contribution < 1.29 is 4.79 Å². The van der Waals surface area contributed by atoms with Gasteiger partial charge in [0, 0.05) is 5.92 Å². The van der Waals surface area contributed by atoms with Gasteiger partial charge in [0.2, 0.25) is 0 Å². The van der Waals surface area contributed by atoms with E-state index in [0.29, 0.717) is 5.92 Å². The first-order valence-electron chi connectivity index (χ1n) is 6.07. The fourth-order valence-electron chi connectivity index (χ4n) is 1.85. The summed E-state index contributed by atoms with van der Waals surface area (Å²) in [7, 11) is 0. The van der Waals surface area contributed by atoms with E-state index in [1.165, 1.54) is 11.1 Å². The van der Waals surface area contributed by atoms with Crippen molar-refractivity contribution in [2.45, 2.75) is 40.5 Å². The van der Waals surface area contributed by atoms with E-state index in [0.717, 1.165) is 12.8 Å². The number of carbonyl (C=O) groups excluding carboxylic acids is 1. The molecule has 1 atom stereocenters. The van der Waals surface area contributed by atoms with Crippen molar-refractivity contribution in [3.05, 3.63) is 35.4 Å². The lowest BCUT2D eigenvalue weighted by atomic mass is 9.95. The number of carbonyl (C=O) groups is 1. The second kappa shape index (κ2) is 5.83. The molecule has 1 rings (SSSR count). The van der Waals surface area contributed by atoms with Gasteiger partial charge in [-0.05, 0) is 36.8 Å². The van der Waals surface area contributed by atoms with Gasteiger partial charge >= 0.3 is 0 Å². The summed E-state index contributed by atoms with van der Waals surface area (Å²) in [6.07, 6.45) is 1.98. The minimum absolute atomic E-state index is 0.134. The van der Waals surface area contributed by atoms with Crippen LogP contribution in [0.5, 0.6) is 0 Å². The van der Waals surface area contributed by atoms with Gasteiger partial charge in [-0.2, -0.15) is 0 Å². The number of benzene rings is 1. The van der Waals surface area contributed by atoms with Crippen LogP contribution in [-0.2, 0) is 17.6 Å². The van der Waals surface area contributed by atoms with Crippen LogP contribution >= 0.6 is 0 Å². The Morgan fingerprint density at radius 2 is 1.69 bits per heavy atom. The first kappa shape index (κ1) is 13.0. The quantitative estimate of drug-likeness (QED) is 0.737. The van der Waals surface area contributed by atoms with E-state index < -0.39 is 0 Å². The van der Waals surface area contributed by atoms with Gasteiger partial charge in [0.15, 0.2) is 0 Å². The molecule has 0 spiro atoms. The van der Waals surface area contributed by atoms with Crippen molar-refractivity contribution in [3.63, 3.8) is 0 Å². The molecule has 0 saturated carbocycles. The molecule has 0 amide bonds. The van der Waals surface area contributed by atoms with E-state index >= 15 is 0 Å². The van der Waals surface area contributed by atoms with Gasteiger partial charge in [-0.1, -0.05) is 45.0 Å². The molecular weight excluding hydrogens is 196 g/mol. The molecule has 88 valence electrons. The van der Waals surface area contributed by atoms with Crippen molar-refractivity contribution in [1.29, 1.82) is 0 Å². The van der Waals surface area contributed by atoms with Gasteiger partial charge < -0.3 is 0 Å². The highest BCUT2D eigenvalue weighted by Gasteiger charge is 2.08. The Kier molecular flexibility index (Phi) is 4.72. The van der Waals surface area contributed by atoms with Crippen LogP contribution in [0.25, 0.3) is 0 Å². The first-order valence-corrected chi connectivity index (χ1v) is 6.07. The zero-order valence-electron chi connectivity index (χ0n) is 10.8. The fraction of sp³-hybridized carbons (Fsp3) is 0.533. The van der Waals surface area contributed by atoms with Gasteiger partial charge in [0.25, 0.3) is 0 Å². The maximum Gasteiger partial charge on any atom is 0.132 e. The molecule has 0 fully saturated rings. The van der Waals surface area contributed by atoms with Crippen molar-refractivity contribution in [2.24, 2.45) is 11.8 Å². The lowest BCUT2D eigenvalue weighted by molar-refractivity contribution is -0.120. The van der Waals surface area contributed by atoms with E-state index in [-0.39, 0.29) is 11.7 Å². The van der Waals surface area contributed by atoms with Crippen LogP contribution in [0, 0.1) is 11.8 Å². The average Bonchev–Trinajstić information content (AvgIpc) is 2.16. The van der Waals surface area contributed by atoms with E-state index in [1.54, 1.807) is 6.92 Å². The van der Waals surface area contributed by atoms with Gasteiger partial charge in [-0.25, -0.2) is 0 Å². The van der Waals surface area contributed by atoms with E-state index in [2.05, 4.69) is 38.1 Å². The molecule has 0 aromatic heterocycles. The lowest BCUT2D eigenvalue weighted by Gasteiger charge is -2.10.